The summed E-state index contributed by atoms with van der Waals surface area (Å²) in [4.78, 5) is 0. The molecule has 0 rings (SSSR count). The van der Waals surface area contributed by atoms with Crippen LogP contribution in [0.1, 0.15) is 72.6 Å². The Morgan fingerprint density at radius 2 is 1.67 bits per heavy atom. The van der Waals surface area contributed by atoms with Gasteiger partial charge in [-0.2, -0.15) is 0 Å². The Balaban J connectivity index is 3.74. The van der Waals surface area contributed by atoms with E-state index in [-0.39, 0.29) is 0 Å². The lowest BCUT2D eigenvalue weighted by Gasteiger charge is -2.21. The molecular formula is C14H31N. The predicted octanol–water partition coefficient (Wildman–Crippen LogP) is 4.36. The zero-order valence-electron chi connectivity index (χ0n) is 11.3. The molecule has 0 heterocycles. The largest absolute Gasteiger partial charge is 0.328 e. The maximum absolute atomic E-state index is 6.20. The van der Waals surface area contributed by atoms with Crippen molar-refractivity contribution in [3.63, 3.8) is 0 Å². The first kappa shape index (κ1) is 15.0. The van der Waals surface area contributed by atoms with Crippen molar-refractivity contribution in [3.8, 4) is 0 Å². The van der Waals surface area contributed by atoms with Gasteiger partial charge in [-0.1, -0.05) is 59.8 Å². The number of unbranched alkanes of at least 4 members (excludes halogenated alkanes) is 1. The molecule has 0 saturated heterocycles. The third kappa shape index (κ3) is 7.84. The minimum absolute atomic E-state index is 0.432. The zero-order chi connectivity index (χ0) is 11.7. The van der Waals surface area contributed by atoms with E-state index in [9.17, 15) is 0 Å². The Kier molecular flexibility index (Phi) is 9.18. The van der Waals surface area contributed by atoms with Gasteiger partial charge in [0.2, 0.25) is 0 Å². The van der Waals surface area contributed by atoms with E-state index in [1.54, 1.807) is 0 Å². The molecule has 0 aliphatic carbocycles. The Bertz CT molecular complexity index is 133. The standard InChI is InChI=1S/C14H31N/c1-5-8-9-13(7-3)11-14(15)10-12(4)6-2/h12-14H,5-11,15H2,1-4H3. The van der Waals surface area contributed by atoms with Gasteiger partial charge in [0.1, 0.15) is 0 Å². The quantitative estimate of drug-likeness (QED) is 0.605. The van der Waals surface area contributed by atoms with Crippen LogP contribution in [0.15, 0.2) is 0 Å². The molecule has 0 aromatic carbocycles. The summed E-state index contributed by atoms with van der Waals surface area (Å²) in [7, 11) is 0. The molecule has 0 radical (unpaired) electrons. The van der Waals surface area contributed by atoms with Crippen molar-refractivity contribution >= 4 is 0 Å². The molecule has 0 aliphatic rings. The minimum atomic E-state index is 0.432. The normalized spacial score (nSPS) is 17.4. The van der Waals surface area contributed by atoms with Gasteiger partial charge >= 0.3 is 0 Å². The lowest BCUT2D eigenvalue weighted by molar-refractivity contribution is 0.345. The molecule has 0 fully saturated rings. The summed E-state index contributed by atoms with van der Waals surface area (Å²) in [6.07, 6.45) is 9.07. The monoisotopic (exact) mass is 213 g/mol. The number of rotatable bonds is 9. The van der Waals surface area contributed by atoms with Crippen molar-refractivity contribution in [2.45, 2.75) is 78.7 Å². The summed E-state index contributed by atoms with van der Waals surface area (Å²) < 4.78 is 0. The van der Waals surface area contributed by atoms with E-state index in [0.29, 0.717) is 6.04 Å². The van der Waals surface area contributed by atoms with Gasteiger partial charge < -0.3 is 5.73 Å². The maximum atomic E-state index is 6.20. The molecule has 1 nitrogen and oxygen atoms in total. The van der Waals surface area contributed by atoms with E-state index in [1.807, 2.05) is 0 Å². The van der Waals surface area contributed by atoms with E-state index in [4.69, 9.17) is 5.73 Å². The second kappa shape index (κ2) is 9.21. The van der Waals surface area contributed by atoms with Gasteiger partial charge in [-0.05, 0) is 24.7 Å². The highest BCUT2D eigenvalue weighted by Crippen LogP contribution is 2.21. The van der Waals surface area contributed by atoms with Crippen molar-refractivity contribution in [2.75, 3.05) is 0 Å². The van der Waals surface area contributed by atoms with Crippen LogP contribution in [0.2, 0.25) is 0 Å². The Labute approximate surface area is 96.8 Å². The van der Waals surface area contributed by atoms with Crippen LogP contribution in [-0.4, -0.2) is 6.04 Å². The summed E-state index contributed by atoms with van der Waals surface area (Å²) in [6, 6.07) is 0.432. The van der Waals surface area contributed by atoms with E-state index < -0.39 is 0 Å². The van der Waals surface area contributed by atoms with Crippen LogP contribution in [0.5, 0.6) is 0 Å². The summed E-state index contributed by atoms with van der Waals surface area (Å²) >= 11 is 0. The highest BCUT2D eigenvalue weighted by molar-refractivity contribution is 4.70. The molecule has 0 spiro atoms. The van der Waals surface area contributed by atoms with E-state index in [2.05, 4.69) is 27.7 Å². The van der Waals surface area contributed by atoms with Crippen LogP contribution < -0.4 is 5.73 Å². The molecule has 0 amide bonds. The average molecular weight is 213 g/mol. The molecule has 3 unspecified atom stereocenters. The van der Waals surface area contributed by atoms with Gasteiger partial charge in [-0.15, -0.1) is 0 Å². The van der Waals surface area contributed by atoms with Gasteiger partial charge in [0.15, 0.2) is 0 Å². The van der Waals surface area contributed by atoms with Crippen LogP contribution in [0.4, 0.5) is 0 Å². The van der Waals surface area contributed by atoms with Crippen molar-refractivity contribution < 1.29 is 0 Å². The Morgan fingerprint density at radius 1 is 1.00 bits per heavy atom. The molecule has 2 N–H and O–H groups in total. The summed E-state index contributed by atoms with van der Waals surface area (Å²) in [5.41, 5.74) is 6.20. The third-order valence-corrected chi connectivity index (χ3v) is 3.58. The first-order chi connectivity index (χ1) is 7.13. The smallest absolute Gasteiger partial charge is 0.00439 e. The van der Waals surface area contributed by atoms with Gasteiger partial charge in [-0.25, -0.2) is 0 Å². The maximum Gasteiger partial charge on any atom is 0.00439 e. The molecule has 0 saturated carbocycles. The molecule has 1 heteroatoms. The predicted molar refractivity (Wildman–Crippen MR) is 70.0 cm³/mol. The fraction of sp³-hybridized carbons (Fsp3) is 1.00. The molecule has 0 aliphatic heterocycles. The molecule has 0 bridgehead atoms. The number of hydrogen-bond donors (Lipinski definition) is 1. The first-order valence-electron chi connectivity index (χ1n) is 6.89. The summed E-state index contributed by atoms with van der Waals surface area (Å²) in [6.45, 7) is 9.14. The Hall–Kier alpha value is -0.0400. The van der Waals surface area contributed by atoms with Crippen molar-refractivity contribution in [1.29, 1.82) is 0 Å². The van der Waals surface area contributed by atoms with Crippen LogP contribution in [0.3, 0.4) is 0 Å². The number of hydrogen-bond acceptors (Lipinski definition) is 1. The van der Waals surface area contributed by atoms with E-state index in [1.165, 1.54) is 44.9 Å². The molecule has 0 aromatic rings. The highest BCUT2D eigenvalue weighted by atomic mass is 14.6. The summed E-state index contributed by atoms with van der Waals surface area (Å²) in [5.74, 6) is 1.66. The van der Waals surface area contributed by atoms with E-state index in [0.717, 1.165) is 11.8 Å². The van der Waals surface area contributed by atoms with Gasteiger partial charge in [0.05, 0.1) is 0 Å². The highest BCUT2D eigenvalue weighted by Gasteiger charge is 2.13. The average Bonchev–Trinajstić information content (AvgIpc) is 2.23. The van der Waals surface area contributed by atoms with Crippen LogP contribution >= 0.6 is 0 Å². The second-order valence-corrected chi connectivity index (χ2v) is 5.16. The SMILES string of the molecule is CCCCC(CC)CC(N)CC(C)CC. The van der Waals surface area contributed by atoms with Crippen LogP contribution in [0.25, 0.3) is 0 Å². The minimum Gasteiger partial charge on any atom is -0.328 e. The fourth-order valence-corrected chi connectivity index (χ4v) is 2.19. The van der Waals surface area contributed by atoms with Crippen LogP contribution in [0, 0.1) is 11.8 Å². The van der Waals surface area contributed by atoms with Crippen molar-refractivity contribution in [1.82, 2.24) is 0 Å². The van der Waals surface area contributed by atoms with Crippen molar-refractivity contribution in [3.05, 3.63) is 0 Å². The molecule has 15 heavy (non-hydrogen) atoms. The van der Waals surface area contributed by atoms with Crippen molar-refractivity contribution in [2.24, 2.45) is 17.6 Å². The zero-order valence-corrected chi connectivity index (χ0v) is 11.3. The lowest BCUT2D eigenvalue weighted by Crippen LogP contribution is -2.25. The molecule has 92 valence electrons. The molecular weight excluding hydrogens is 182 g/mol. The Morgan fingerprint density at radius 3 is 2.13 bits per heavy atom. The van der Waals surface area contributed by atoms with Gasteiger partial charge in [-0.3, -0.25) is 0 Å². The fourth-order valence-electron chi connectivity index (χ4n) is 2.19. The topological polar surface area (TPSA) is 26.0 Å². The van der Waals surface area contributed by atoms with Crippen LogP contribution in [-0.2, 0) is 0 Å². The van der Waals surface area contributed by atoms with Gasteiger partial charge in [0.25, 0.3) is 0 Å². The number of nitrogens with two attached hydrogens (primary N) is 1. The van der Waals surface area contributed by atoms with Gasteiger partial charge in [0, 0.05) is 6.04 Å². The van der Waals surface area contributed by atoms with E-state index >= 15 is 0 Å². The summed E-state index contributed by atoms with van der Waals surface area (Å²) in [5, 5.41) is 0. The molecule has 3 atom stereocenters. The lowest BCUT2D eigenvalue weighted by atomic mass is 9.88. The first-order valence-corrected chi connectivity index (χ1v) is 6.89. The second-order valence-electron chi connectivity index (χ2n) is 5.16. The molecule has 0 aromatic heterocycles. The third-order valence-electron chi connectivity index (χ3n) is 3.58.